The minimum absolute atomic E-state index is 0.0610. The van der Waals surface area contributed by atoms with E-state index in [-0.39, 0.29) is 27.7 Å². The van der Waals surface area contributed by atoms with Crippen LogP contribution in [0.5, 0.6) is 0 Å². The van der Waals surface area contributed by atoms with Gasteiger partial charge in [-0.15, -0.1) is 0 Å². The van der Waals surface area contributed by atoms with Crippen molar-refractivity contribution >= 4 is 43.6 Å². The van der Waals surface area contributed by atoms with Crippen LogP contribution < -0.4 is 0 Å². The Balaban J connectivity index is 1.67. The highest BCUT2D eigenvalue weighted by atomic mass is 32.2. The smallest absolute Gasteiger partial charge is 0.243 e. The van der Waals surface area contributed by atoms with Gasteiger partial charge in [-0.05, 0) is 48.6 Å². The monoisotopic (exact) mass is 446 g/mol. The van der Waals surface area contributed by atoms with Gasteiger partial charge < -0.3 is 4.90 Å². The molecule has 0 unspecified atom stereocenters. The Labute approximate surface area is 181 Å². The van der Waals surface area contributed by atoms with Crippen LogP contribution in [0.3, 0.4) is 0 Å². The Bertz CT molecular complexity index is 1060. The zero-order valence-corrected chi connectivity index (χ0v) is 18.6. The molecule has 0 aliphatic carbocycles. The lowest BCUT2D eigenvalue weighted by atomic mass is 10.1. The Hall–Kier alpha value is -1.90. The molecule has 0 spiro atoms. The summed E-state index contributed by atoms with van der Waals surface area (Å²) in [6.45, 7) is 2.99. The number of hydrogen-bond acceptors (Lipinski definition) is 5. The van der Waals surface area contributed by atoms with E-state index >= 15 is 0 Å². The molecule has 2 atom stereocenters. The summed E-state index contributed by atoms with van der Waals surface area (Å²) in [4.78, 5) is 26.9. The van der Waals surface area contributed by atoms with Crippen molar-refractivity contribution in [2.24, 2.45) is 0 Å². The maximum Gasteiger partial charge on any atom is 0.243 e. The molecule has 30 heavy (non-hydrogen) atoms. The molecule has 2 aliphatic heterocycles. The van der Waals surface area contributed by atoms with Crippen LogP contribution in [-0.2, 0) is 19.6 Å². The highest BCUT2D eigenvalue weighted by molar-refractivity contribution is 8.14. The average Bonchev–Trinajstić information content (AvgIpc) is 3.17. The van der Waals surface area contributed by atoms with E-state index in [0.717, 1.165) is 41.8 Å². The second kappa shape index (κ2) is 8.69. The van der Waals surface area contributed by atoms with Gasteiger partial charge in [0.1, 0.15) is 6.04 Å². The summed E-state index contributed by atoms with van der Waals surface area (Å²) in [5.74, 6) is -0.134. The predicted molar refractivity (Wildman–Crippen MR) is 119 cm³/mol. The number of carbonyl (C=O) groups excluding carboxylic acids is 2. The number of rotatable bonds is 4. The van der Waals surface area contributed by atoms with Crippen molar-refractivity contribution in [3.05, 3.63) is 42.5 Å². The van der Waals surface area contributed by atoms with Crippen molar-refractivity contribution in [2.75, 3.05) is 19.6 Å². The van der Waals surface area contributed by atoms with Crippen molar-refractivity contribution in [2.45, 2.75) is 48.8 Å². The zero-order valence-electron chi connectivity index (χ0n) is 17.0. The molecule has 0 radical (unpaired) electrons. The molecular weight excluding hydrogens is 420 g/mol. The number of amides is 1. The number of nitrogens with zero attached hydrogens (tertiary/aromatic N) is 2. The van der Waals surface area contributed by atoms with Gasteiger partial charge in [0.05, 0.1) is 4.90 Å². The van der Waals surface area contributed by atoms with E-state index in [4.69, 9.17) is 0 Å². The molecule has 2 heterocycles. The molecular formula is C22H26N2O4S2. The highest BCUT2D eigenvalue weighted by Crippen LogP contribution is 2.34. The first-order chi connectivity index (χ1) is 14.4. The molecule has 0 N–H and O–H groups in total. The fourth-order valence-electron chi connectivity index (χ4n) is 4.37. The first kappa shape index (κ1) is 21.3. The average molecular weight is 447 g/mol. The molecule has 2 saturated heterocycles. The number of piperidine rings is 1. The molecule has 0 bridgehead atoms. The van der Waals surface area contributed by atoms with Crippen LogP contribution in [0.15, 0.2) is 47.4 Å². The molecule has 160 valence electrons. The molecule has 0 aromatic heterocycles. The molecule has 2 aromatic carbocycles. The minimum Gasteiger partial charge on any atom is -0.341 e. The third kappa shape index (κ3) is 4.26. The van der Waals surface area contributed by atoms with Crippen LogP contribution in [0, 0.1) is 0 Å². The first-order valence-electron chi connectivity index (χ1n) is 10.3. The predicted octanol–water partition coefficient (Wildman–Crippen LogP) is 3.26. The van der Waals surface area contributed by atoms with Gasteiger partial charge in [-0.1, -0.05) is 42.1 Å². The number of carbonyl (C=O) groups is 2. The SMILES string of the molecule is CC(=O)S[C@H]1C[C@@H](C(=O)N2CCCCC2)N(S(=O)(=O)c2ccc3ccccc3c2)C1. The van der Waals surface area contributed by atoms with E-state index in [1.54, 1.807) is 23.1 Å². The molecule has 2 aliphatic rings. The Morgan fingerprint density at radius 2 is 1.70 bits per heavy atom. The van der Waals surface area contributed by atoms with E-state index in [0.29, 0.717) is 19.5 Å². The van der Waals surface area contributed by atoms with Crippen LogP contribution in [0.25, 0.3) is 10.8 Å². The van der Waals surface area contributed by atoms with Crippen molar-refractivity contribution in [3.8, 4) is 0 Å². The van der Waals surface area contributed by atoms with Gasteiger partial charge in [0, 0.05) is 31.8 Å². The number of fused-ring (bicyclic) bond motifs is 1. The van der Waals surface area contributed by atoms with E-state index in [1.165, 1.54) is 11.2 Å². The first-order valence-corrected chi connectivity index (χ1v) is 12.6. The summed E-state index contributed by atoms with van der Waals surface area (Å²) in [7, 11) is -3.87. The summed E-state index contributed by atoms with van der Waals surface area (Å²) < 4.78 is 28.5. The quantitative estimate of drug-likeness (QED) is 0.721. The lowest BCUT2D eigenvalue weighted by Crippen LogP contribution is -2.49. The highest BCUT2D eigenvalue weighted by Gasteiger charge is 2.46. The van der Waals surface area contributed by atoms with Crippen molar-refractivity contribution in [1.82, 2.24) is 9.21 Å². The molecule has 2 aromatic rings. The Kier molecular flexibility index (Phi) is 6.18. The second-order valence-electron chi connectivity index (χ2n) is 7.95. The number of likely N-dealkylation sites (tertiary alicyclic amines) is 1. The molecule has 8 heteroatoms. The fraction of sp³-hybridized carbons (Fsp3) is 0.455. The van der Waals surface area contributed by atoms with E-state index in [2.05, 4.69) is 0 Å². The van der Waals surface area contributed by atoms with Crippen LogP contribution in [0.1, 0.15) is 32.6 Å². The number of sulfonamides is 1. The summed E-state index contributed by atoms with van der Waals surface area (Å²) in [6.07, 6.45) is 3.35. The van der Waals surface area contributed by atoms with E-state index in [1.807, 2.05) is 24.3 Å². The topological polar surface area (TPSA) is 74.8 Å². The minimum atomic E-state index is -3.87. The van der Waals surface area contributed by atoms with Gasteiger partial charge in [0.2, 0.25) is 15.9 Å². The second-order valence-corrected chi connectivity index (χ2v) is 11.3. The standard InChI is InChI=1S/C22H26N2O4S2/c1-16(25)29-19-14-21(22(26)23-11-5-2-6-12-23)24(15-19)30(27,28)20-10-9-17-7-3-4-8-18(17)13-20/h3-4,7-10,13,19,21H,2,5-6,11-12,14-15H2,1H3/t19-,21-/m0/s1. The van der Waals surface area contributed by atoms with Gasteiger partial charge in [-0.3, -0.25) is 9.59 Å². The normalized spacial score (nSPS) is 23.0. The van der Waals surface area contributed by atoms with Gasteiger partial charge in [-0.2, -0.15) is 4.31 Å². The van der Waals surface area contributed by atoms with Gasteiger partial charge in [-0.25, -0.2) is 8.42 Å². The molecule has 4 rings (SSSR count). The number of thioether (sulfide) groups is 1. The fourth-order valence-corrected chi connectivity index (χ4v) is 7.12. The maximum absolute atomic E-state index is 13.6. The maximum atomic E-state index is 13.6. The lowest BCUT2D eigenvalue weighted by molar-refractivity contribution is -0.135. The van der Waals surface area contributed by atoms with Gasteiger partial charge in [0.15, 0.2) is 5.12 Å². The molecule has 2 fully saturated rings. The number of hydrogen-bond donors (Lipinski definition) is 0. The number of benzene rings is 2. The van der Waals surface area contributed by atoms with Crippen LogP contribution in [0.4, 0.5) is 0 Å². The lowest BCUT2D eigenvalue weighted by Gasteiger charge is -2.32. The summed E-state index contributed by atoms with van der Waals surface area (Å²) in [6, 6.07) is 11.9. The van der Waals surface area contributed by atoms with Gasteiger partial charge >= 0.3 is 0 Å². The molecule has 0 saturated carbocycles. The van der Waals surface area contributed by atoms with Crippen LogP contribution >= 0.6 is 11.8 Å². The van der Waals surface area contributed by atoms with E-state index < -0.39 is 16.1 Å². The molecule has 6 nitrogen and oxygen atoms in total. The van der Waals surface area contributed by atoms with Crippen molar-refractivity contribution < 1.29 is 18.0 Å². The van der Waals surface area contributed by atoms with Gasteiger partial charge in [0.25, 0.3) is 0 Å². The van der Waals surface area contributed by atoms with Crippen molar-refractivity contribution in [1.29, 1.82) is 0 Å². The van der Waals surface area contributed by atoms with Crippen molar-refractivity contribution in [3.63, 3.8) is 0 Å². The van der Waals surface area contributed by atoms with E-state index in [9.17, 15) is 18.0 Å². The zero-order chi connectivity index (χ0) is 21.3. The largest absolute Gasteiger partial charge is 0.341 e. The summed E-state index contributed by atoms with van der Waals surface area (Å²) in [5.41, 5.74) is 0. The Morgan fingerprint density at radius 3 is 2.40 bits per heavy atom. The third-order valence-electron chi connectivity index (χ3n) is 5.83. The summed E-state index contributed by atoms with van der Waals surface area (Å²) in [5, 5.41) is 1.53. The van der Waals surface area contributed by atoms with Crippen LogP contribution in [0.2, 0.25) is 0 Å². The third-order valence-corrected chi connectivity index (χ3v) is 8.71. The van der Waals surface area contributed by atoms with Crippen LogP contribution in [-0.4, -0.2) is 59.6 Å². The summed E-state index contributed by atoms with van der Waals surface area (Å²) >= 11 is 1.13. The Morgan fingerprint density at radius 1 is 1.00 bits per heavy atom. The molecule has 1 amide bonds.